The highest BCUT2D eigenvalue weighted by Gasteiger charge is 2.23. The number of aliphatic imine (C=N–C) groups is 1. The quantitative estimate of drug-likeness (QED) is 0.637. The van der Waals surface area contributed by atoms with E-state index in [1.165, 1.54) is 10.9 Å². The first-order chi connectivity index (χ1) is 13.2. The van der Waals surface area contributed by atoms with Gasteiger partial charge >= 0.3 is 0 Å². The smallest absolute Gasteiger partial charge is 0.211 e. The normalized spacial score (nSPS) is 22.2. The molecule has 2 aliphatic rings. The van der Waals surface area contributed by atoms with Gasteiger partial charge in [-0.05, 0) is 55.7 Å². The van der Waals surface area contributed by atoms with Crippen LogP contribution in [0.5, 0.6) is 0 Å². The molecule has 1 saturated heterocycles. The first kappa shape index (κ1) is 18.3. The van der Waals surface area contributed by atoms with Crippen LogP contribution in [0.4, 0.5) is 11.4 Å². The van der Waals surface area contributed by atoms with Gasteiger partial charge in [0.2, 0.25) is 6.41 Å². The summed E-state index contributed by atoms with van der Waals surface area (Å²) in [5.41, 5.74) is 3.30. The van der Waals surface area contributed by atoms with Crippen molar-refractivity contribution in [1.82, 2.24) is 14.7 Å². The van der Waals surface area contributed by atoms with E-state index >= 15 is 0 Å². The van der Waals surface area contributed by atoms with Crippen LogP contribution in [-0.4, -0.2) is 46.6 Å². The molecule has 1 aromatic heterocycles. The summed E-state index contributed by atoms with van der Waals surface area (Å²) in [6.07, 6.45) is 10.8. The Labute approximate surface area is 161 Å². The van der Waals surface area contributed by atoms with E-state index in [0.29, 0.717) is 18.5 Å². The van der Waals surface area contributed by atoms with Gasteiger partial charge in [0.1, 0.15) is 0 Å². The van der Waals surface area contributed by atoms with Crippen LogP contribution in [0.3, 0.4) is 0 Å². The monoisotopic (exact) mass is 383 g/mol. The lowest BCUT2D eigenvalue weighted by molar-refractivity contribution is -0.105. The minimum absolute atomic E-state index is 0.392. The molecule has 1 fully saturated rings. The molecule has 0 saturated carbocycles. The van der Waals surface area contributed by atoms with Crippen molar-refractivity contribution in [2.75, 3.05) is 24.6 Å². The number of likely N-dealkylation sites (tertiary alicyclic amines) is 1. The summed E-state index contributed by atoms with van der Waals surface area (Å²) < 4.78 is 2.01. The second kappa shape index (κ2) is 8.32. The lowest BCUT2D eigenvalue weighted by Crippen LogP contribution is -2.28. The Kier molecular flexibility index (Phi) is 5.65. The van der Waals surface area contributed by atoms with Crippen molar-refractivity contribution in [3.8, 4) is 0 Å². The number of anilines is 1. The molecule has 3 atom stereocenters. The number of nitrogens with zero attached hydrogens (tertiary/aromatic N) is 4. The number of nitrogens with one attached hydrogen (secondary N) is 1. The fraction of sp³-hybridized carbons (Fsp3) is 0.450. The highest BCUT2D eigenvalue weighted by atomic mass is 31.1. The number of benzene rings is 1. The maximum Gasteiger partial charge on any atom is 0.211 e. The van der Waals surface area contributed by atoms with Crippen molar-refractivity contribution in [2.24, 2.45) is 4.99 Å². The third kappa shape index (κ3) is 4.12. The molecule has 2 aliphatic heterocycles. The molecule has 0 radical (unpaired) electrons. The Bertz CT molecular complexity index is 834. The van der Waals surface area contributed by atoms with E-state index < -0.39 is 0 Å². The summed E-state index contributed by atoms with van der Waals surface area (Å²) in [4.78, 5) is 17.7. The van der Waals surface area contributed by atoms with Crippen LogP contribution in [0.1, 0.15) is 43.8 Å². The largest absolute Gasteiger partial charge is 0.326 e. The summed E-state index contributed by atoms with van der Waals surface area (Å²) in [6.45, 7) is 4.48. The number of hydrogen-bond acceptors (Lipinski definition) is 4. The Morgan fingerprint density at radius 1 is 1.33 bits per heavy atom. The highest BCUT2D eigenvalue weighted by Crippen LogP contribution is 2.31. The summed E-state index contributed by atoms with van der Waals surface area (Å²) in [5.74, 6) is 0. The Morgan fingerprint density at radius 3 is 3.15 bits per heavy atom. The lowest BCUT2D eigenvalue weighted by atomic mass is 10.1. The standard InChI is InChI=1S/C20H26N5OP/c1-15(16-4-5-19-20(11-16)27-10-7-21-19)24-8-2-3-18(6-9-24)25-13-17(12-23-25)22-14-26/h4-5,7,11-15,18,27H,2-3,6,8-10H2,1H3,(H,22,26). The molecular formula is C20H26N5OP. The summed E-state index contributed by atoms with van der Waals surface area (Å²) in [6, 6.07) is 7.58. The van der Waals surface area contributed by atoms with Crippen molar-refractivity contribution in [2.45, 2.75) is 38.3 Å². The van der Waals surface area contributed by atoms with Crippen LogP contribution in [0.25, 0.3) is 0 Å². The molecule has 27 heavy (non-hydrogen) atoms. The third-order valence-electron chi connectivity index (χ3n) is 5.60. The van der Waals surface area contributed by atoms with Crippen molar-refractivity contribution >= 4 is 37.9 Å². The molecular weight excluding hydrogens is 357 g/mol. The number of hydrogen-bond donors (Lipinski definition) is 1. The Morgan fingerprint density at radius 2 is 2.26 bits per heavy atom. The molecule has 6 nitrogen and oxygen atoms in total. The van der Waals surface area contributed by atoms with Gasteiger partial charge in [-0.1, -0.05) is 14.6 Å². The van der Waals surface area contributed by atoms with Crippen molar-refractivity contribution in [1.29, 1.82) is 0 Å². The van der Waals surface area contributed by atoms with E-state index in [1.807, 2.05) is 17.1 Å². The maximum atomic E-state index is 10.6. The zero-order chi connectivity index (χ0) is 18.6. The van der Waals surface area contributed by atoms with Crippen molar-refractivity contribution in [3.05, 3.63) is 36.2 Å². The van der Waals surface area contributed by atoms with E-state index in [2.05, 4.69) is 45.4 Å². The number of rotatable bonds is 5. The van der Waals surface area contributed by atoms with E-state index in [1.54, 1.807) is 6.20 Å². The summed E-state index contributed by atoms with van der Waals surface area (Å²) >= 11 is 0. The zero-order valence-electron chi connectivity index (χ0n) is 15.6. The number of carbonyl (C=O) groups excluding carboxylic acids is 1. The Balaban J connectivity index is 1.42. The molecule has 0 aliphatic carbocycles. The molecule has 1 N–H and O–H groups in total. The van der Waals surface area contributed by atoms with Crippen molar-refractivity contribution in [3.63, 3.8) is 0 Å². The molecule has 7 heteroatoms. The predicted molar refractivity (Wildman–Crippen MR) is 112 cm³/mol. The van der Waals surface area contributed by atoms with Crippen molar-refractivity contribution < 1.29 is 4.79 Å². The average molecular weight is 383 g/mol. The molecule has 0 bridgehead atoms. The van der Waals surface area contributed by atoms with Crippen LogP contribution >= 0.6 is 8.58 Å². The molecule has 3 unspecified atom stereocenters. The molecule has 4 rings (SSSR count). The zero-order valence-corrected chi connectivity index (χ0v) is 16.6. The van der Waals surface area contributed by atoms with Gasteiger partial charge in [0, 0.05) is 31.2 Å². The number of fused-ring (bicyclic) bond motifs is 1. The fourth-order valence-electron chi connectivity index (χ4n) is 4.01. The van der Waals surface area contributed by atoms with Gasteiger partial charge in [0.25, 0.3) is 0 Å². The van der Waals surface area contributed by atoms with Gasteiger partial charge in [-0.15, -0.1) is 0 Å². The van der Waals surface area contributed by atoms with Gasteiger partial charge in [-0.2, -0.15) is 5.10 Å². The first-order valence-corrected chi connectivity index (χ1v) is 10.8. The Hall–Kier alpha value is -2.04. The van der Waals surface area contributed by atoms with Gasteiger partial charge in [0.05, 0.1) is 23.6 Å². The topological polar surface area (TPSA) is 62.5 Å². The van der Waals surface area contributed by atoms with Gasteiger partial charge in [0.15, 0.2) is 0 Å². The van der Waals surface area contributed by atoms with Gasteiger partial charge in [-0.3, -0.25) is 19.4 Å². The second-order valence-corrected chi connectivity index (χ2v) is 8.54. The molecule has 1 aromatic carbocycles. The van der Waals surface area contributed by atoms with E-state index in [-0.39, 0.29) is 0 Å². The van der Waals surface area contributed by atoms with E-state index in [0.717, 1.165) is 58.5 Å². The molecule has 1 amide bonds. The third-order valence-corrected chi connectivity index (χ3v) is 6.77. The minimum Gasteiger partial charge on any atom is -0.326 e. The maximum absolute atomic E-state index is 10.6. The fourth-order valence-corrected chi connectivity index (χ4v) is 5.01. The van der Waals surface area contributed by atoms with Crippen LogP contribution < -0.4 is 10.6 Å². The second-order valence-electron chi connectivity index (χ2n) is 7.24. The number of aromatic nitrogens is 2. The minimum atomic E-state index is 0.392. The molecule has 3 heterocycles. The molecule has 0 spiro atoms. The van der Waals surface area contributed by atoms with Gasteiger partial charge < -0.3 is 5.32 Å². The van der Waals surface area contributed by atoms with Crippen LogP contribution in [0, 0.1) is 0 Å². The summed E-state index contributed by atoms with van der Waals surface area (Å²) in [7, 11) is 0.839. The van der Waals surface area contributed by atoms with Crippen LogP contribution in [0.2, 0.25) is 0 Å². The number of carbonyl (C=O) groups is 1. The molecule has 142 valence electrons. The number of amides is 1. The SMILES string of the molecule is CC(c1ccc2c(c1)PCC=N2)N1CCCC(n2cc(NC=O)cn2)CC1. The van der Waals surface area contributed by atoms with E-state index in [4.69, 9.17) is 0 Å². The van der Waals surface area contributed by atoms with E-state index in [9.17, 15) is 4.79 Å². The molecule has 2 aromatic rings. The van der Waals surface area contributed by atoms with Crippen LogP contribution in [-0.2, 0) is 4.79 Å². The lowest BCUT2D eigenvalue weighted by Gasteiger charge is -2.28. The van der Waals surface area contributed by atoms with Gasteiger partial charge in [-0.25, -0.2) is 0 Å². The highest BCUT2D eigenvalue weighted by molar-refractivity contribution is 7.48. The average Bonchev–Trinajstić information content (AvgIpc) is 3.03. The first-order valence-electron chi connectivity index (χ1n) is 9.63. The van der Waals surface area contributed by atoms with Crippen LogP contribution in [0.15, 0.2) is 35.6 Å². The predicted octanol–water partition coefficient (Wildman–Crippen LogP) is 3.26. The summed E-state index contributed by atoms with van der Waals surface area (Å²) in [5, 5.41) is 8.52.